The Morgan fingerprint density at radius 1 is 1.15 bits per heavy atom. The van der Waals surface area contributed by atoms with Crippen LogP contribution in [0.4, 0.5) is 5.82 Å². The second kappa shape index (κ2) is 4.30. The van der Waals surface area contributed by atoms with Gasteiger partial charge < -0.3 is 5.73 Å². The van der Waals surface area contributed by atoms with Crippen LogP contribution in [0.15, 0.2) is 36.7 Å². The van der Waals surface area contributed by atoms with Crippen LogP contribution < -0.4 is 5.73 Å². The number of hydrogen-bond acceptors (Lipinski definition) is 4. The average Bonchev–Trinajstić information content (AvgIpc) is 2.84. The van der Waals surface area contributed by atoms with Crippen molar-refractivity contribution in [1.82, 2.24) is 19.4 Å². The fraction of sp³-hybridized carbons (Fsp3) is 0.267. The molecule has 20 heavy (non-hydrogen) atoms. The molecule has 5 nitrogen and oxygen atoms in total. The van der Waals surface area contributed by atoms with Crippen LogP contribution in [0.5, 0.6) is 0 Å². The van der Waals surface area contributed by atoms with Crippen LogP contribution in [-0.4, -0.2) is 19.4 Å². The van der Waals surface area contributed by atoms with Crippen molar-refractivity contribution in [2.75, 3.05) is 5.73 Å². The molecule has 0 aliphatic rings. The van der Waals surface area contributed by atoms with Crippen LogP contribution in [0.1, 0.15) is 26.6 Å². The molecule has 3 aromatic heterocycles. The molecule has 0 unspecified atom stereocenters. The first-order chi connectivity index (χ1) is 9.45. The maximum atomic E-state index is 5.94. The molecule has 0 amide bonds. The van der Waals surface area contributed by atoms with E-state index in [0.717, 1.165) is 22.9 Å². The van der Waals surface area contributed by atoms with Crippen molar-refractivity contribution in [2.24, 2.45) is 0 Å². The van der Waals surface area contributed by atoms with E-state index in [0.29, 0.717) is 5.82 Å². The van der Waals surface area contributed by atoms with Crippen molar-refractivity contribution in [3.8, 4) is 11.4 Å². The first-order valence-corrected chi connectivity index (χ1v) is 6.53. The zero-order chi connectivity index (χ0) is 14.3. The lowest BCUT2D eigenvalue weighted by atomic mass is 9.95. The lowest BCUT2D eigenvalue weighted by molar-refractivity contribution is 0.547. The highest BCUT2D eigenvalue weighted by atomic mass is 15.0. The number of pyridine rings is 1. The molecule has 0 aromatic carbocycles. The summed E-state index contributed by atoms with van der Waals surface area (Å²) in [6.45, 7) is 6.22. The van der Waals surface area contributed by atoms with Crippen LogP contribution in [0.3, 0.4) is 0 Å². The van der Waals surface area contributed by atoms with Gasteiger partial charge in [0.15, 0.2) is 0 Å². The van der Waals surface area contributed by atoms with Gasteiger partial charge in [0.05, 0.1) is 11.4 Å². The van der Waals surface area contributed by atoms with Crippen molar-refractivity contribution in [3.05, 3.63) is 42.5 Å². The SMILES string of the molecule is CC(C)(C)c1nc(N)cc(-c2cccc3nccn23)n1. The van der Waals surface area contributed by atoms with Gasteiger partial charge in [-0.1, -0.05) is 26.8 Å². The number of fused-ring (bicyclic) bond motifs is 1. The molecule has 102 valence electrons. The number of hydrogen-bond donors (Lipinski definition) is 1. The Bertz CT molecular complexity index is 767. The minimum atomic E-state index is -0.146. The summed E-state index contributed by atoms with van der Waals surface area (Å²) >= 11 is 0. The molecule has 0 aliphatic carbocycles. The predicted octanol–water partition coefficient (Wildman–Crippen LogP) is 2.67. The maximum Gasteiger partial charge on any atom is 0.137 e. The number of anilines is 1. The highest BCUT2D eigenvalue weighted by molar-refractivity contribution is 5.62. The minimum Gasteiger partial charge on any atom is -0.384 e. The summed E-state index contributed by atoms with van der Waals surface area (Å²) in [6.07, 6.45) is 3.69. The van der Waals surface area contributed by atoms with Gasteiger partial charge in [-0.15, -0.1) is 0 Å². The second-order valence-electron chi connectivity index (χ2n) is 5.82. The Morgan fingerprint density at radius 3 is 2.70 bits per heavy atom. The van der Waals surface area contributed by atoms with Crippen molar-refractivity contribution in [2.45, 2.75) is 26.2 Å². The van der Waals surface area contributed by atoms with Gasteiger partial charge in [-0.3, -0.25) is 4.40 Å². The Hall–Kier alpha value is -2.43. The van der Waals surface area contributed by atoms with Crippen molar-refractivity contribution in [3.63, 3.8) is 0 Å². The number of nitrogen functional groups attached to an aromatic ring is 1. The van der Waals surface area contributed by atoms with Gasteiger partial charge in [-0.25, -0.2) is 15.0 Å². The van der Waals surface area contributed by atoms with Crippen LogP contribution in [-0.2, 0) is 5.41 Å². The molecular formula is C15H17N5. The van der Waals surface area contributed by atoms with Gasteiger partial charge in [-0.2, -0.15) is 0 Å². The third kappa shape index (κ3) is 2.11. The van der Waals surface area contributed by atoms with E-state index in [2.05, 4.69) is 35.7 Å². The monoisotopic (exact) mass is 267 g/mol. The molecule has 0 bridgehead atoms. The summed E-state index contributed by atoms with van der Waals surface area (Å²) < 4.78 is 1.99. The zero-order valence-corrected chi connectivity index (χ0v) is 11.8. The lowest BCUT2D eigenvalue weighted by Gasteiger charge is -2.18. The first kappa shape index (κ1) is 12.6. The molecule has 0 spiro atoms. The molecule has 0 radical (unpaired) electrons. The van der Waals surface area contributed by atoms with Gasteiger partial charge >= 0.3 is 0 Å². The summed E-state index contributed by atoms with van der Waals surface area (Å²) in [5.74, 6) is 1.22. The van der Waals surface area contributed by atoms with Crippen molar-refractivity contribution < 1.29 is 0 Å². The van der Waals surface area contributed by atoms with E-state index in [1.165, 1.54) is 0 Å². The van der Waals surface area contributed by atoms with Gasteiger partial charge in [0.2, 0.25) is 0 Å². The molecule has 0 aliphatic heterocycles. The lowest BCUT2D eigenvalue weighted by Crippen LogP contribution is -2.17. The molecule has 3 rings (SSSR count). The molecular weight excluding hydrogens is 250 g/mol. The molecule has 0 fully saturated rings. The van der Waals surface area contributed by atoms with Crippen LogP contribution in [0.25, 0.3) is 17.0 Å². The Balaban J connectivity index is 2.24. The van der Waals surface area contributed by atoms with Crippen molar-refractivity contribution >= 4 is 11.5 Å². The summed E-state index contributed by atoms with van der Waals surface area (Å²) in [6, 6.07) is 7.72. The second-order valence-corrected chi connectivity index (χ2v) is 5.82. The number of aromatic nitrogens is 4. The Morgan fingerprint density at radius 2 is 1.95 bits per heavy atom. The smallest absolute Gasteiger partial charge is 0.137 e. The van der Waals surface area contributed by atoms with Gasteiger partial charge in [0.25, 0.3) is 0 Å². The van der Waals surface area contributed by atoms with E-state index in [1.54, 1.807) is 12.3 Å². The normalized spacial score (nSPS) is 11.9. The molecule has 3 heterocycles. The number of imidazole rings is 1. The first-order valence-electron chi connectivity index (χ1n) is 6.53. The molecule has 5 heteroatoms. The summed E-state index contributed by atoms with van der Waals surface area (Å²) in [5, 5.41) is 0. The van der Waals surface area contributed by atoms with Gasteiger partial charge in [0, 0.05) is 23.9 Å². The minimum absolute atomic E-state index is 0.146. The average molecular weight is 267 g/mol. The van der Waals surface area contributed by atoms with Crippen LogP contribution in [0.2, 0.25) is 0 Å². The topological polar surface area (TPSA) is 69.1 Å². The summed E-state index contributed by atoms with van der Waals surface area (Å²) in [4.78, 5) is 13.3. The third-order valence-electron chi connectivity index (χ3n) is 3.11. The van der Waals surface area contributed by atoms with E-state index in [4.69, 9.17) is 5.73 Å². The zero-order valence-electron chi connectivity index (χ0n) is 11.8. The van der Waals surface area contributed by atoms with Crippen molar-refractivity contribution in [1.29, 1.82) is 0 Å². The third-order valence-corrected chi connectivity index (χ3v) is 3.11. The predicted molar refractivity (Wildman–Crippen MR) is 79.3 cm³/mol. The van der Waals surface area contributed by atoms with E-state index in [1.807, 2.05) is 28.8 Å². The molecule has 3 aromatic rings. The standard InChI is InChI=1S/C15H17N5/c1-15(2,3)14-18-10(9-12(16)19-14)11-5-4-6-13-17-7-8-20(11)13/h4-9H,1-3H3,(H2,16,18,19). The Labute approximate surface area is 117 Å². The summed E-state index contributed by atoms with van der Waals surface area (Å²) in [7, 11) is 0. The number of rotatable bonds is 1. The molecule has 0 saturated heterocycles. The van der Waals surface area contributed by atoms with Gasteiger partial charge in [0.1, 0.15) is 17.3 Å². The van der Waals surface area contributed by atoms with E-state index in [9.17, 15) is 0 Å². The highest BCUT2D eigenvalue weighted by Crippen LogP contribution is 2.25. The van der Waals surface area contributed by atoms with E-state index >= 15 is 0 Å². The van der Waals surface area contributed by atoms with Crippen LogP contribution >= 0.6 is 0 Å². The molecule has 0 atom stereocenters. The fourth-order valence-corrected chi connectivity index (χ4v) is 2.09. The van der Waals surface area contributed by atoms with Crippen LogP contribution in [0, 0.1) is 0 Å². The summed E-state index contributed by atoms with van der Waals surface area (Å²) in [5.41, 5.74) is 8.45. The quantitative estimate of drug-likeness (QED) is 0.736. The maximum absolute atomic E-state index is 5.94. The largest absolute Gasteiger partial charge is 0.384 e. The number of nitrogens with zero attached hydrogens (tertiary/aromatic N) is 4. The number of nitrogens with two attached hydrogens (primary N) is 1. The Kier molecular flexibility index (Phi) is 2.71. The van der Waals surface area contributed by atoms with E-state index in [-0.39, 0.29) is 5.41 Å². The van der Waals surface area contributed by atoms with E-state index < -0.39 is 0 Å². The fourth-order valence-electron chi connectivity index (χ4n) is 2.09. The molecule has 0 saturated carbocycles. The highest BCUT2D eigenvalue weighted by Gasteiger charge is 2.19. The van der Waals surface area contributed by atoms with Gasteiger partial charge in [-0.05, 0) is 12.1 Å². The molecule has 2 N–H and O–H groups in total.